The van der Waals surface area contributed by atoms with Crippen LogP contribution in [0.1, 0.15) is 49.3 Å². The Bertz CT molecular complexity index is 1010. The maximum atomic E-state index is 13.7. The lowest BCUT2D eigenvalue weighted by molar-refractivity contribution is -0.118. The summed E-state index contributed by atoms with van der Waals surface area (Å²) in [6.07, 6.45) is -1.15. The predicted molar refractivity (Wildman–Crippen MR) is 112 cm³/mol. The lowest BCUT2D eigenvalue weighted by atomic mass is 9.87. The van der Waals surface area contributed by atoms with Crippen LogP contribution in [-0.2, 0) is 14.6 Å². The van der Waals surface area contributed by atoms with Crippen molar-refractivity contribution in [2.45, 2.75) is 67.4 Å². The normalized spacial score (nSPS) is 25.2. The van der Waals surface area contributed by atoms with Gasteiger partial charge in [0.1, 0.15) is 12.3 Å². The van der Waals surface area contributed by atoms with Gasteiger partial charge in [-0.25, -0.2) is 22.2 Å². The third-order valence-electron chi connectivity index (χ3n) is 5.82. The maximum absolute atomic E-state index is 13.7. The highest BCUT2D eigenvalue weighted by Crippen LogP contribution is 2.39. The van der Waals surface area contributed by atoms with Crippen molar-refractivity contribution in [1.29, 1.82) is 0 Å². The number of anilines is 1. The van der Waals surface area contributed by atoms with E-state index < -0.39 is 28.1 Å². The summed E-state index contributed by atoms with van der Waals surface area (Å²) in [6.45, 7) is 1.82. The molecular weight excluding hydrogens is 430 g/mol. The smallest absolute Gasteiger partial charge is 0.233 e. The van der Waals surface area contributed by atoms with Crippen molar-refractivity contribution in [1.82, 2.24) is 4.98 Å². The highest BCUT2D eigenvalue weighted by molar-refractivity contribution is 7.92. The highest BCUT2D eigenvalue weighted by atomic mass is 32.2. The maximum Gasteiger partial charge on any atom is 0.233 e. The molecule has 1 aromatic heterocycles. The number of thiazole rings is 1. The van der Waals surface area contributed by atoms with Crippen LogP contribution in [0.5, 0.6) is 0 Å². The zero-order valence-electron chi connectivity index (χ0n) is 16.6. The van der Waals surface area contributed by atoms with Crippen LogP contribution in [0.25, 0.3) is 0 Å². The van der Waals surface area contributed by atoms with E-state index in [-0.39, 0.29) is 34.8 Å². The fraction of sp³-hybridized carbons (Fsp3) is 0.524. The molecular formula is C21H24F2N2O3S2. The van der Waals surface area contributed by atoms with E-state index in [1.807, 2.05) is 12.3 Å². The molecule has 2 aliphatic carbocycles. The Kier molecular flexibility index (Phi) is 5.94. The third-order valence-corrected chi connectivity index (χ3v) is 8.97. The van der Waals surface area contributed by atoms with Crippen molar-refractivity contribution in [2.24, 2.45) is 5.92 Å². The van der Waals surface area contributed by atoms with Gasteiger partial charge in [0.05, 0.1) is 21.8 Å². The molecule has 30 heavy (non-hydrogen) atoms. The molecule has 1 heterocycles. The summed E-state index contributed by atoms with van der Waals surface area (Å²) < 4.78 is 52.2. The predicted octanol–water partition coefficient (Wildman–Crippen LogP) is 4.59. The van der Waals surface area contributed by atoms with Gasteiger partial charge in [-0.3, -0.25) is 4.79 Å². The van der Waals surface area contributed by atoms with Gasteiger partial charge in [0.2, 0.25) is 5.91 Å². The molecule has 162 valence electrons. The molecule has 9 heteroatoms. The van der Waals surface area contributed by atoms with Crippen molar-refractivity contribution >= 4 is 32.2 Å². The summed E-state index contributed by atoms with van der Waals surface area (Å²) in [5.41, 5.74) is 1.42. The van der Waals surface area contributed by atoms with Crippen LogP contribution in [0.15, 0.2) is 34.5 Å². The molecule has 2 aromatic rings. The van der Waals surface area contributed by atoms with Crippen LogP contribution >= 0.6 is 11.3 Å². The van der Waals surface area contributed by atoms with Gasteiger partial charge in [-0.05, 0) is 62.6 Å². The Morgan fingerprint density at radius 3 is 2.37 bits per heavy atom. The molecule has 4 rings (SSSR count). The molecule has 0 spiro atoms. The minimum absolute atomic E-state index is 0.0927. The topological polar surface area (TPSA) is 76.1 Å². The number of benzene rings is 1. The largest absolute Gasteiger partial charge is 0.301 e. The van der Waals surface area contributed by atoms with Crippen molar-refractivity contribution in [2.75, 3.05) is 5.32 Å². The molecule has 2 aliphatic rings. The number of carbonyl (C=O) groups is 1. The molecule has 0 bridgehead atoms. The third kappa shape index (κ3) is 4.56. The van der Waals surface area contributed by atoms with Crippen molar-refractivity contribution in [3.63, 3.8) is 0 Å². The van der Waals surface area contributed by atoms with Gasteiger partial charge in [-0.1, -0.05) is 12.1 Å². The summed E-state index contributed by atoms with van der Waals surface area (Å²) in [7, 11) is -3.32. The molecule has 0 radical (unpaired) electrons. The second-order valence-electron chi connectivity index (χ2n) is 8.25. The summed E-state index contributed by atoms with van der Waals surface area (Å²) in [4.78, 5) is 17.5. The van der Waals surface area contributed by atoms with E-state index in [2.05, 4.69) is 10.3 Å². The van der Waals surface area contributed by atoms with Gasteiger partial charge in [-0.2, -0.15) is 0 Å². The van der Waals surface area contributed by atoms with Crippen LogP contribution in [0, 0.1) is 12.8 Å². The average Bonchev–Trinajstić information content (AvgIpc) is 3.42. The Hall–Kier alpha value is -1.87. The molecule has 1 N–H and O–H groups in total. The lowest BCUT2D eigenvalue weighted by Gasteiger charge is -2.20. The number of hydrogen-bond acceptors (Lipinski definition) is 5. The van der Waals surface area contributed by atoms with Crippen molar-refractivity contribution in [3.05, 3.63) is 40.9 Å². The molecule has 2 unspecified atom stereocenters. The van der Waals surface area contributed by atoms with Crippen LogP contribution in [0.3, 0.4) is 0 Å². The zero-order valence-corrected chi connectivity index (χ0v) is 18.2. The van der Waals surface area contributed by atoms with Crippen LogP contribution < -0.4 is 5.32 Å². The second kappa shape index (κ2) is 8.34. The van der Waals surface area contributed by atoms with Crippen molar-refractivity contribution < 1.29 is 22.0 Å². The average molecular weight is 455 g/mol. The summed E-state index contributed by atoms with van der Waals surface area (Å²) in [6, 6.07) is 6.34. The SMILES string of the molecule is Cc1csc(NC(=O)[C@H](CC2CC(F)C(F)C2)c2ccc(S(=O)(=O)C3CC3)cc2)n1. The number of hydrogen-bond donors (Lipinski definition) is 1. The van der Waals surface area contributed by atoms with E-state index in [0.29, 0.717) is 30.0 Å². The number of aryl methyl sites for hydroxylation is 1. The Morgan fingerprint density at radius 2 is 1.83 bits per heavy atom. The number of carbonyl (C=O) groups excluding carboxylic acids is 1. The van der Waals surface area contributed by atoms with Crippen LogP contribution in [0.4, 0.5) is 13.9 Å². The quantitative estimate of drug-likeness (QED) is 0.664. The number of halogens is 2. The minimum Gasteiger partial charge on any atom is -0.301 e. The number of aromatic nitrogens is 1. The first-order valence-electron chi connectivity index (χ1n) is 10.1. The molecule has 2 fully saturated rings. The van der Waals surface area contributed by atoms with Gasteiger partial charge in [0.15, 0.2) is 15.0 Å². The Balaban J connectivity index is 1.56. The van der Waals surface area contributed by atoms with E-state index in [9.17, 15) is 22.0 Å². The van der Waals surface area contributed by atoms with Crippen LogP contribution in [-0.4, -0.2) is 36.9 Å². The molecule has 3 atom stereocenters. The van der Waals surface area contributed by atoms with E-state index in [1.165, 1.54) is 23.5 Å². The Labute approximate surface area is 178 Å². The summed E-state index contributed by atoms with van der Waals surface area (Å²) in [5, 5.41) is 4.77. The fourth-order valence-corrected chi connectivity index (χ4v) is 6.36. The molecule has 5 nitrogen and oxygen atoms in total. The minimum atomic E-state index is -3.32. The number of nitrogens with zero attached hydrogens (tertiary/aromatic N) is 1. The van der Waals surface area contributed by atoms with Gasteiger partial charge in [-0.15, -0.1) is 11.3 Å². The molecule has 2 saturated carbocycles. The monoisotopic (exact) mass is 454 g/mol. The lowest BCUT2D eigenvalue weighted by Crippen LogP contribution is -2.23. The van der Waals surface area contributed by atoms with Gasteiger partial charge < -0.3 is 5.32 Å². The first-order chi connectivity index (χ1) is 14.2. The number of sulfone groups is 1. The van der Waals surface area contributed by atoms with Gasteiger partial charge >= 0.3 is 0 Å². The molecule has 0 saturated heterocycles. The molecule has 1 amide bonds. The number of rotatable bonds is 7. The van der Waals surface area contributed by atoms with E-state index in [1.54, 1.807) is 12.1 Å². The van der Waals surface area contributed by atoms with Gasteiger partial charge in [0.25, 0.3) is 0 Å². The summed E-state index contributed by atoms with van der Waals surface area (Å²) >= 11 is 1.31. The first-order valence-corrected chi connectivity index (χ1v) is 12.5. The summed E-state index contributed by atoms with van der Waals surface area (Å²) in [5.74, 6) is -1.20. The highest BCUT2D eigenvalue weighted by Gasteiger charge is 2.38. The first kappa shape index (κ1) is 21.4. The van der Waals surface area contributed by atoms with E-state index in [0.717, 1.165) is 5.69 Å². The van der Waals surface area contributed by atoms with E-state index in [4.69, 9.17) is 0 Å². The fourth-order valence-electron chi connectivity index (χ4n) is 4.01. The van der Waals surface area contributed by atoms with Crippen molar-refractivity contribution in [3.8, 4) is 0 Å². The Morgan fingerprint density at radius 1 is 1.20 bits per heavy atom. The zero-order chi connectivity index (χ0) is 21.5. The van der Waals surface area contributed by atoms with E-state index >= 15 is 0 Å². The number of amides is 1. The molecule has 0 aliphatic heterocycles. The second-order valence-corrected chi connectivity index (χ2v) is 11.3. The molecule has 1 aromatic carbocycles. The number of alkyl halides is 2. The standard InChI is InChI=1S/C21H24F2N2O3S2/c1-12-11-29-21(24-12)25-20(26)17(8-13-9-18(22)19(23)10-13)14-2-4-15(5-3-14)30(27,28)16-6-7-16/h2-5,11,13,16-19H,6-10H2,1H3,(H,24,25,26)/t13?,17-,18?,19?/m1/s1. The van der Waals surface area contributed by atoms with Crippen LogP contribution in [0.2, 0.25) is 0 Å². The van der Waals surface area contributed by atoms with Gasteiger partial charge in [0, 0.05) is 5.38 Å². The number of nitrogens with one attached hydrogen (secondary N) is 1.